The van der Waals surface area contributed by atoms with Gasteiger partial charge in [-0.15, -0.1) is 5.92 Å². The molecule has 0 N–H and O–H groups in total. The maximum atomic E-state index is 5.79. The summed E-state index contributed by atoms with van der Waals surface area (Å²) in [4.78, 5) is 0. The molecule has 0 amide bonds. The highest BCUT2D eigenvalue weighted by Crippen LogP contribution is 2.05. The molecule has 0 spiro atoms. The zero-order valence-electron chi connectivity index (χ0n) is 11.3. The minimum atomic E-state index is 0.184. The highest BCUT2D eigenvalue weighted by molar-refractivity contribution is 5.05. The second kappa shape index (κ2) is 12.6. The van der Waals surface area contributed by atoms with E-state index in [1.54, 1.807) is 0 Å². The van der Waals surface area contributed by atoms with Crippen molar-refractivity contribution in [3.05, 3.63) is 0 Å². The first-order chi connectivity index (χ1) is 7.85. The maximum absolute atomic E-state index is 5.79. The number of ether oxygens (including phenoxy) is 1. The maximum Gasteiger partial charge on any atom is 0.118 e. The van der Waals surface area contributed by atoms with Gasteiger partial charge in [0, 0.05) is 13.0 Å². The van der Waals surface area contributed by atoms with Crippen LogP contribution in [0.4, 0.5) is 0 Å². The van der Waals surface area contributed by atoms with Gasteiger partial charge in [0.05, 0.1) is 0 Å². The van der Waals surface area contributed by atoms with E-state index in [4.69, 9.17) is 4.74 Å². The van der Waals surface area contributed by atoms with Crippen molar-refractivity contribution in [3.63, 3.8) is 0 Å². The lowest BCUT2D eigenvalue weighted by atomic mass is 10.1. The molecule has 0 aromatic heterocycles. The zero-order chi connectivity index (χ0) is 12.1. The Morgan fingerprint density at radius 1 is 0.938 bits per heavy atom. The van der Waals surface area contributed by atoms with Crippen molar-refractivity contribution in [2.24, 2.45) is 0 Å². The quantitative estimate of drug-likeness (QED) is 0.412. The minimum Gasteiger partial charge on any atom is -0.366 e. The first-order valence-corrected chi connectivity index (χ1v) is 6.95. The van der Waals surface area contributed by atoms with Gasteiger partial charge in [0.25, 0.3) is 0 Å². The lowest BCUT2D eigenvalue weighted by Crippen LogP contribution is -2.11. The molecule has 0 fully saturated rings. The third-order valence-electron chi connectivity index (χ3n) is 2.56. The standard InChI is InChI=1S/C15H28O/c1-4-7-10-11-13-15(12-8-5-2)16-14-9-6-3/h15H,4-10,12,14H2,1-3H3. The van der Waals surface area contributed by atoms with Crippen molar-refractivity contribution in [1.82, 2.24) is 0 Å². The average molecular weight is 224 g/mol. The smallest absolute Gasteiger partial charge is 0.118 e. The molecule has 0 saturated carbocycles. The number of rotatable bonds is 9. The molecule has 0 heterocycles. The van der Waals surface area contributed by atoms with E-state index in [1.807, 2.05) is 0 Å². The molecule has 0 aliphatic rings. The van der Waals surface area contributed by atoms with E-state index in [0.29, 0.717) is 0 Å². The Labute approximate surface area is 102 Å². The first kappa shape index (κ1) is 15.5. The van der Waals surface area contributed by atoms with Gasteiger partial charge < -0.3 is 4.74 Å². The Hall–Kier alpha value is -0.480. The van der Waals surface area contributed by atoms with Crippen LogP contribution >= 0.6 is 0 Å². The molecule has 16 heavy (non-hydrogen) atoms. The summed E-state index contributed by atoms with van der Waals surface area (Å²) in [6.45, 7) is 7.48. The molecule has 0 aromatic carbocycles. The highest BCUT2D eigenvalue weighted by atomic mass is 16.5. The molecule has 0 saturated heterocycles. The summed E-state index contributed by atoms with van der Waals surface area (Å²) in [5.74, 6) is 6.52. The van der Waals surface area contributed by atoms with Crippen molar-refractivity contribution in [1.29, 1.82) is 0 Å². The van der Waals surface area contributed by atoms with Gasteiger partial charge >= 0.3 is 0 Å². The predicted molar refractivity (Wildman–Crippen MR) is 71.5 cm³/mol. The monoisotopic (exact) mass is 224 g/mol. The Morgan fingerprint density at radius 2 is 1.62 bits per heavy atom. The fourth-order valence-corrected chi connectivity index (χ4v) is 1.41. The Kier molecular flexibility index (Phi) is 12.2. The van der Waals surface area contributed by atoms with E-state index in [-0.39, 0.29) is 6.10 Å². The van der Waals surface area contributed by atoms with Crippen LogP contribution in [0.5, 0.6) is 0 Å². The summed E-state index contributed by atoms with van der Waals surface area (Å²) in [5, 5.41) is 0. The van der Waals surface area contributed by atoms with Crippen LogP contribution in [0.25, 0.3) is 0 Å². The second-order valence-electron chi connectivity index (χ2n) is 4.28. The first-order valence-electron chi connectivity index (χ1n) is 6.95. The van der Waals surface area contributed by atoms with Gasteiger partial charge in [-0.3, -0.25) is 0 Å². The molecule has 1 unspecified atom stereocenters. The predicted octanol–water partition coefficient (Wildman–Crippen LogP) is 4.56. The van der Waals surface area contributed by atoms with Crippen molar-refractivity contribution in [2.75, 3.05) is 6.61 Å². The van der Waals surface area contributed by atoms with E-state index in [9.17, 15) is 0 Å². The van der Waals surface area contributed by atoms with Gasteiger partial charge in [0.15, 0.2) is 0 Å². The van der Waals surface area contributed by atoms with Gasteiger partial charge in [0.2, 0.25) is 0 Å². The molecule has 0 bridgehead atoms. The van der Waals surface area contributed by atoms with Crippen LogP contribution in [0.15, 0.2) is 0 Å². The second-order valence-corrected chi connectivity index (χ2v) is 4.28. The fraction of sp³-hybridized carbons (Fsp3) is 0.867. The summed E-state index contributed by atoms with van der Waals surface area (Å²) in [7, 11) is 0. The van der Waals surface area contributed by atoms with Gasteiger partial charge in [-0.1, -0.05) is 52.4 Å². The molecule has 1 atom stereocenters. The van der Waals surface area contributed by atoms with E-state index in [2.05, 4.69) is 32.6 Å². The largest absolute Gasteiger partial charge is 0.366 e. The molecule has 1 nitrogen and oxygen atoms in total. The average Bonchev–Trinajstić information content (AvgIpc) is 2.31. The van der Waals surface area contributed by atoms with E-state index in [0.717, 1.165) is 25.9 Å². The summed E-state index contributed by atoms with van der Waals surface area (Å²) in [6, 6.07) is 0. The van der Waals surface area contributed by atoms with E-state index >= 15 is 0 Å². The van der Waals surface area contributed by atoms with Crippen LogP contribution in [0.3, 0.4) is 0 Å². The summed E-state index contributed by atoms with van der Waals surface area (Å²) >= 11 is 0. The third kappa shape index (κ3) is 10.1. The van der Waals surface area contributed by atoms with Gasteiger partial charge in [0.1, 0.15) is 6.10 Å². The Morgan fingerprint density at radius 3 is 2.25 bits per heavy atom. The van der Waals surface area contributed by atoms with Crippen molar-refractivity contribution in [3.8, 4) is 11.8 Å². The molecule has 94 valence electrons. The highest BCUT2D eigenvalue weighted by Gasteiger charge is 2.03. The molecule has 0 aliphatic carbocycles. The molecule has 0 radical (unpaired) electrons. The molecule has 0 aliphatic heterocycles. The molecule has 0 rings (SSSR count). The minimum absolute atomic E-state index is 0.184. The molecule has 0 aromatic rings. The lowest BCUT2D eigenvalue weighted by molar-refractivity contribution is 0.0819. The fourth-order valence-electron chi connectivity index (χ4n) is 1.41. The zero-order valence-corrected chi connectivity index (χ0v) is 11.3. The number of hydrogen-bond acceptors (Lipinski definition) is 1. The van der Waals surface area contributed by atoms with Crippen LogP contribution in [0.1, 0.15) is 72.1 Å². The normalized spacial score (nSPS) is 11.9. The van der Waals surface area contributed by atoms with E-state index < -0.39 is 0 Å². The van der Waals surface area contributed by atoms with E-state index in [1.165, 1.54) is 32.1 Å². The van der Waals surface area contributed by atoms with Crippen LogP contribution in [-0.4, -0.2) is 12.7 Å². The summed E-state index contributed by atoms with van der Waals surface area (Å²) in [5.41, 5.74) is 0. The number of hydrogen-bond donors (Lipinski definition) is 0. The Bertz CT molecular complexity index is 187. The molecular formula is C15H28O. The third-order valence-corrected chi connectivity index (χ3v) is 2.56. The van der Waals surface area contributed by atoms with Crippen LogP contribution in [-0.2, 0) is 4.74 Å². The summed E-state index contributed by atoms with van der Waals surface area (Å²) < 4.78 is 5.79. The lowest BCUT2D eigenvalue weighted by Gasteiger charge is -2.11. The van der Waals surface area contributed by atoms with Crippen LogP contribution < -0.4 is 0 Å². The van der Waals surface area contributed by atoms with Gasteiger partial charge in [-0.05, 0) is 19.3 Å². The van der Waals surface area contributed by atoms with Crippen LogP contribution in [0, 0.1) is 11.8 Å². The Balaban J connectivity index is 3.81. The van der Waals surface area contributed by atoms with Crippen molar-refractivity contribution in [2.45, 2.75) is 78.2 Å². The van der Waals surface area contributed by atoms with Gasteiger partial charge in [-0.25, -0.2) is 0 Å². The number of unbranched alkanes of at least 4 members (excludes halogenated alkanes) is 4. The molecule has 1 heteroatoms. The topological polar surface area (TPSA) is 9.23 Å². The summed E-state index contributed by atoms with van der Waals surface area (Å²) in [6.07, 6.45) is 9.54. The van der Waals surface area contributed by atoms with Gasteiger partial charge in [-0.2, -0.15) is 0 Å². The molecular weight excluding hydrogens is 196 g/mol. The van der Waals surface area contributed by atoms with Crippen molar-refractivity contribution < 1.29 is 4.74 Å². The van der Waals surface area contributed by atoms with Crippen molar-refractivity contribution >= 4 is 0 Å². The van der Waals surface area contributed by atoms with Crippen LogP contribution in [0.2, 0.25) is 0 Å². The SMILES string of the molecule is CCCCC#CC(CCCC)OCCCC.